The molecule has 0 radical (unpaired) electrons. The molecule has 27 heavy (non-hydrogen) atoms. The number of hydrogen-bond acceptors (Lipinski definition) is 6. The minimum absolute atomic E-state index is 0.00649. The Hall–Kier alpha value is -3.32. The van der Waals surface area contributed by atoms with Gasteiger partial charge in [0.2, 0.25) is 5.88 Å². The molecular weight excluding hydrogens is 362 g/mol. The fourth-order valence-electron chi connectivity index (χ4n) is 2.60. The summed E-state index contributed by atoms with van der Waals surface area (Å²) in [6, 6.07) is 17.1. The first-order valence-electron chi connectivity index (χ1n) is 8.21. The molecule has 0 spiro atoms. The average Bonchev–Trinajstić information content (AvgIpc) is 2.69. The van der Waals surface area contributed by atoms with Crippen LogP contribution in [0, 0.1) is 6.92 Å². The maximum absolute atomic E-state index is 12.7. The summed E-state index contributed by atoms with van der Waals surface area (Å²) in [6.07, 6.45) is 3.24. The molecular formula is C20H15N3O3S. The Bertz CT molecular complexity index is 1210. The molecule has 2 aromatic heterocycles. The molecule has 2 heterocycles. The molecule has 0 bridgehead atoms. The fourth-order valence-corrected chi connectivity index (χ4v) is 3.50. The van der Waals surface area contributed by atoms with E-state index in [0.29, 0.717) is 22.3 Å². The largest absolute Gasteiger partial charge is 0.357 e. The van der Waals surface area contributed by atoms with Crippen molar-refractivity contribution in [1.82, 2.24) is 15.0 Å². The van der Waals surface area contributed by atoms with E-state index in [1.807, 2.05) is 13.0 Å². The van der Waals surface area contributed by atoms with Crippen LogP contribution in [0.15, 0.2) is 78.0 Å². The van der Waals surface area contributed by atoms with E-state index in [2.05, 4.69) is 15.0 Å². The van der Waals surface area contributed by atoms with Crippen molar-refractivity contribution in [2.45, 2.75) is 11.8 Å². The number of nitrogens with zero attached hydrogens (tertiary/aromatic N) is 3. The highest BCUT2D eigenvalue weighted by atomic mass is 32.2. The molecule has 0 unspecified atom stereocenters. The highest BCUT2D eigenvalue weighted by molar-refractivity contribution is 7.87. The number of fused-ring (bicyclic) bond motifs is 1. The van der Waals surface area contributed by atoms with Gasteiger partial charge in [-0.25, -0.2) is 4.98 Å². The van der Waals surface area contributed by atoms with Crippen molar-refractivity contribution >= 4 is 21.0 Å². The first-order valence-corrected chi connectivity index (χ1v) is 9.62. The van der Waals surface area contributed by atoms with Gasteiger partial charge in [0.1, 0.15) is 4.90 Å². The average molecular weight is 377 g/mol. The molecule has 0 aliphatic heterocycles. The zero-order valence-electron chi connectivity index (χ0n) is 14.4. The highest BCUT2D eigenvalue weighted by Gasteiger charge is 2.20. The van der Waals surface area contributed by atoms with Gasteiger partial charge in [-0.3, -0.25) is 4.98 Å². The Morgan fingerprint density at radius 2 is 1.56 bits per heavy atom. The van der Waals surface area contributed by atoms with Gasteiger partial charge in [0.15, 0.2) is 5.82 Å². The monoisotopic (exact) mass is 377 g/mol. The van der Waals surface area contributed by atoms with Gasteiger partial charge in [0, 0.05) is 18.0 Å². The van der Waals surface area contributed by atoms with Crippen LogP contribution in [0.5, 0.6) is 5.88 Å². The van der Waals surface area contributed by atoms with Crippen LogP contribution in [-0.4, -0.2) is 23.4 Å². The zero-order chi connectivity index (χ0) is 18.9. The Morgan fingerprint density at radius 3 is 2.30 bits per heavy atom. The van der Waals surface area contributed by atoms with E-state index in [4.69, 9.17) is 4.18 Å². The maximum Gasteiger partial charge on any atom is 0.340 e. The molecule has 0 saturated heterocycles. The quantitative estimate of drug-likeness (QED) is 0.504. The van der Waals surface area contributed by atoms with Crippen molar-refractivity contribution in [2.24, 2.45) is 0 Å². The molecule has 4 aromatic rings. The molecule has 6 nitrogen and oxygen atoms in total. The van der Waals surface area contributed by atoms with Crippen LogP contribution >= 0.6 is 0 Å². The number of para-hydroxylation sites is 1. The van der Waals surface area contributed by atoms with Gasteiger partial charge in [-0.15, -0.1) is 0 Å². The summed E-state index contributed by atoms with van der Waals surface area (Å²) < 4.78 is 30.8. The predicted molar refractivity (Wildman–Crippen MR) is 102 cm³/mol. The molecule has 0 aliphatic rings. The van der Waals surface area contributed by atoms with Crippen LogP contribution < -0.4 is 4.18 Å². The van der Waals surface area contributed by atoms with E-state index in [9.17, 15) is 8.42 Å². The van der Waals surface area contributed by atoms with Gasteiger partial charge in [-0.05, 0) is 43.3 Å². The highest BCUT2D eigenvalue weighted by Crippen LogP contribution is 2.28. The first kappa shape index (κ1) is 17.1. The van der Waals surface area contributed by atoms with E-state index in [0.717, 1.165) is 5.56 Å². The lowest BCUT2D eigenvalue weighted by Gasteiger charge is -2.10. The van der Waals surface area contributed by atoms with E-state index in [-0.39, 0.29) is 10.8 Å². The summed E-state index contributed by atoms with van der Waals surface area (Å²) in [6.45, 7) is 1.89. The Kier molecular flexibility index (Phi) is 4.29. The summed E-state index contributed by atoms with van der Waals surface area (Å²) in [5.74, 6) is 0.359. The van der Waals surface area contributed by atoms with Crippen molar-refractivity contribution in [2.75, 3.05) is 0 Å². The van der Waals surface area contributed by atoms with Crippen LogP contribution in [-0.2, 0) is 10.1 Å². The number of rotatable bonds is 4. The smallest absolute Gasteiger partial charge is 0.340 e. The lowest BCUT2D eigenvalue weighted by molar-refractivity contribution is 0.479. The maximum atomic E-state index is 12.7. The Labute approximate surface area is 156 Å². The second kappa shape index (κ2) is 6.77. The van der Waals surface area contributed by atoms with Crippen LogP contribution in [0.2, 0.25) is 0 Å². The summed E-state index contributed by atoms with van der Waals surface area (Å²) in [5, 5.41) is 0.519. The SMILES string of the molecule is Cc1ccc(S(=O)(=O)Oc2nc(-c3ccncc3)nc3ccccc23)cc1. The molecule has 0 saturated carbocycles. The molecule has 4 rings (SSSR count). The second-order valence-electron chi connectivity index (χ2n) is 5.96. The van der Waals surface area contributed by atoms with Gasteiger partial charge in [-0.2, -0.15) is 13.4 Å². The fraction of sp³-hybridized carbons (Fsp3) is 0.0500. The standard InChI is InChI=1S/C20H15N3O3S/c1-14-6-8-16(9-7-14)27(24,25)26-20-17-4-2-3-5-18(17)22-19(23-20)15-10-12-21-13-11-15/h2-13H,1H3. The Balaban J connectivity index is 1.84. The van der Waals surface area contributed by atoms with Crippen molar-refractivity contribution in [3.8, 4) is 17.3 Å². The lowest BCUT2D eigenvalue weighted by atomic mass is 10.2. The van der Waals surface area contributed by atoms with Crippen LogP contribution in [0.1, 0.15) is 5.56 Å². The normalized spacial score (nSPS) is 11.4. The van der Waals surface area contributed by atoms with E-state index in [1.54, 1.807) is 54.9 Å². The summed E-state index contributed by atoms with van der Waals surface area (Å²) in [5.41, 5.74) is 2.27. The third-order valence-corrected chi connectivity index (χ3v) is 5.23. The van der Waals surface area contributed by atoms with Gasteiger partial charge >= 0.3 is 10.1 Å². The first-order chi connectivity index (χ1) is 13.0. The van der Waals surface area contributed by atoms with Crippen molar-refractivity contribution in [3.05, 3.63) is 78.6 Å². The van der Waals surface area contributed by atoms with E-state index in [1.165, 1.54) is 12.1 Å². The van der Waals surface area contributed by atoms with Gasteiger partial charge in [0.25, 0.3) is 0 Å². The number of aryl methyl sites for hydroxylation is 1. The third kappa shape index (κ3) is 3.50. The summed E-state index contributed by atoms with van der Waals surface area (Å²) in [4.78, 5) is 12.9. The van der Waals surface area contributed by atoms with Gasteiger partial charge in [0.05, 0.1) is 10.9 Å². The molecule has 7 heteroatoms. The zero-order valence-corrected chi connectivity index (χ0v) is 15.2. The lowest BCUT2D eigenvalue weighted by Crippen LogP contribution is -2.11. The van der Waals surface area contributed by atoms with Crippen LogP contribution in [0.4, 0.5) is 0 Å². The predicted octanol–water partition coefficient (Wildman–Crippen LogP) is 3.77. The summed E-state index contributed by atoms with van der Waals surface area (Å²) in [7, 11) is -4.02. The topological polar surface area (TPSA) is 82.0 Å². The van der Waals surface area contributed by atoms with Crippen molar-refractivity contribution in [3.63, 3.8) is 0 Å². The molecule has 2 aromatic carbocycles. The molecule has 0 N–H and O–H groups in total. The molecule has 134 valence electrons. The molecule has 0 fully saturated rings. The molecule has 0 amide bonds. The van der Waals surface area contributed by atoms with Gasteiger partial charge in [-0.1, -0.05) is 29.8 Å². The molecule has 0 atom stereocenters. The number of pyridine rings is 1. The van der Waals surface area contributed by atoms with Crippen molar-refractivity contribution in [1.29, 1.82) is 0 Å². The summed E-state index contributed by atoms with van der Waals surface area (Å²) >= 11 is 0. The van der Waals surface area contributed by atoms with Gasteiger partial charge < -0.3 is 4.18 Å². The van der Waals surface area contributed by atoms with Crippen molar-refractivity contribution < 1.29 is 12.6 Å². The number of aromatic nitrogens is 3. The second-order valence-corrected chi connectivity index (χ2v) is 7.50. The number of benzene rings is 2. The van der Waals surface area contributed by atoms with E-state index < -0.39 is 10.1 Å². The Morgan fingerprint density at radius 1 is 0.852 bits per heavy atom. The van der Waals surface area contributed by atoms with E-state index >= 15 is 0 Å². The minimum atomic E-state index is -4.02. The molecule has 0 aliphatic carbocycles. The minimum Gasteiger partial charge on any atom is -0.357 e. The number of hydrogen-bond donors (Lipinski definition) is 0. The van der Waals surface area contributed by atoms with Crippen LogP contribution in [0.3, 0.4) is 0 Å². The van der Waals surface area contributed by atoms with Crippen LogP contribution in [0.25, 0.3) is 22.3 Å². The third-order valence-electron chi connectivity index (χ3n) is 4.01.